The van der Waals surface area contributed by atoms with Gasteiger partial charge in [-0.25, -0.2) is 0 Å². The van der Waals surface area contributed by atoms with E-state index in [1.165, 1.54) is 12.1 Å². The molecule has 0 saturated carbocycles. The van der Waals surface area contributed by atoms with Crippen molar-refractivity contribution in [2.45, 2.75) is 4.90 Å². The SMILES string of the molecule is Nc1snc2c(S(=O)(=O)O)cccc12. The van der Waals surface area contributed by atoms with E-state index in [1.54, 1.807) is 6.07 Å². The molecule has 0 radical (unpaired) electrons. The van der Waals surface area contributed by atoms with E-state index in [0.29, 0.717) is 10.4 Å². The van der Waals surface area contributed by atoms with Crippen molar-refractivity contribution in [3.63, 3.8) is 0 Å². The Balaban J connectivity index is 2.92. The molecule has 0 atom stereocenters. The van der Waals surface area contributed by atoms with Crippen LogP contribution in [0.15, 0.2) is 23.1 Å². The highest BCUT2D eigenvalue weighted by atomic mass is 32.2. The lowest BCUT2D eigenvalue weighted by Crippen LogP contribution is -1.98. The molecule has 0 unspecified atom stereocenters. The van der Waals surface area contributed by atoms with Crippen LogP contribution in [0.3, 0.4) is 0 Å². The van der Waals surface area contributed by atoms with Crippen LogP contribution in [-0.4, -0.2) is 17.3 Å². The van der Waals surface area contributed by atoms with E-state index in [9.17, 15) is 8.42 Å². The second-order valence-corrected chi connectivity index (χ2v) is 4.87. The van der Waals surface area contributed by atoms with Gasteiger partial charge in [-0.15, -0.1) is 0 Å². The van der Waals surface area contributed by atoms with Crippen LogP contribution in [0.25, 0.3) is 10.9 Å². The Morgan fingerprint density at radius 3 is 2.79 bits per heavy atom. The quantitative estimate of drug-likeness (QED) is 0.716. The summed E-state index contributed by atoms with van der Waals surface area (Å²) in [6.07, 6.45) is 0. The monoisotopic (exact) mass is 230 g/mol. The van der Waals surface area contributed by atoms with Gasteiger partial charge in [0.25, 0.3) is 10.1 Å². The zero-order valence-electron chi connectivity index (χ0n) is 6.84. The summed E-state index contributed by atoms with van der Waals surface area (Å²) in [7, 11) is -4.23. The van der Waals surface area contributed by atoms with Crippen molar-refractivity contribution in [2.24, 2.45) is 0 Å². The maximum absolute atomic E-state index is 10.9. The van der Waals surface area contributed by atoms with Crippen molar-refractivity contribution in [3.8, 4) is 0 Å². The normalized spacial score (nSPS) is 12.1. The van der Waals surface area contributed by atoms with Crippen LogP contribution in [0.4, 0.5) is 5.00 Å². The summed E-state index contributed by atoms with van der Waals surface area (Å²) in [5.74, 6) is 0. The van der Waals surface area contributed by atoms with Crippen LogP contribution < -0.4 is 5.73 Å². The maximum Gasteiger partial charge on any atom is 0.296 e. The number of nitrogens with zero attached hydrogens (tertiary/aromatic N) is 1. The molecule has 74 valence electrons. The van der Waals surface area contributed by atoms with E-state index in [1.807, 2.05) is 0 Å². The van der Waals surface area contributed by atoms with Gasteiger partial charge in [0, 0.05) is 5.39 Å². The third-order valence-electron chi connectivity index (χ3n) is 1.78. The number of aromatic nitrogens is 1. The van der Waals surface area contributed by atoms with E-state index in [2.05, 4.69) is 4.37 Å². The number of benzene rings is 1. The highest BCUT2D eigenvalue weighted by Gasteiger charge is 2.16. The average molecular weight is 230 g/mol. The molecule has 0 fully saturated rings. The molecule has 1 aromatic heterocycles. The third-order valence-corrected chi connectivity index (χ3v) is 3.35. The van der Waals surface area contributed by atoms with E-state index in [0.717, 1.165) is 11.5 Å². The lowest BCUT2D eigenvalue weighted by Gasteiger charge is -1.96. The highest BCUT2D eigenvalue weighted by molar-refractivity contribution is 7.86. The molecular weight excluding hydrogens is 224 g/mol. The minimum Gasteiger partial charge on any atom is -0.389 e. The van der Waals surface area contributed by atoms with Gasteiger partial charge in [0.05, 0.1) is 0 Å². The van der Waals surface area contributed by atoms with Gasteiger partial charge in [0.2, 0.25) is 0 Å². The Hall–Kier alpha value is -1.18. The molecule has 1 aromatic carbocycles. The van der Waals surface area contributed by atoms with Crippen molar-refractivity contribution in [2.75, 3.05) is 5.73 Å². The lowest BCUT2D eigenvalue weighted by molar-refractivity contribution is 0.484. The predicted octanol–water partition coefficient (Wildman–Crippen LogP) is 1.13. The molecule has 0 aliphatic carbocycles. The lowest BCUT2D eigenvalue weighted by atomic mass is 10.2. The minimum atomic E-state index is -4.23. The molecule has 14 heavy (non-hydrogen) atoms. The van der Waals surface area contributed by atoms with Gasteiger partial charge < -0.3 is 5.73 Å². The smallest absolute Gasteiger partial charge is 0.296 e. The van der Waals surface area contributed by atoms with Crippen LogP contribution in [0.2, 0.25) is 0 Å². The highest BCUT2D eigenvalue weighted by Crippen LogP contribution is 2.29. The maximum atomic E-state index is 10.9. The molecule has 0 aliphatic rings. The second-order valence-electron chi connectivity index (χ2n) is 2.67. The first-order chi connectivity index (χ1) is 6.50. The van der Waals surface area contributed by atoms with Gasteiger partial charge in [-0.3, -0.25) is 4.55 Å². The summed E-state index contributed by atoms with van der Waals surface area (Å²) in [4.78, 5) is -0.206. The number of rotatable bonds is 1. The topological polar surface area (TPSA) is 93.3 Å². The molecule has 0 saturated heterocycles. The molecule has 2 rings (SSSR count). The van der Waals surface area contributed by atoms with Gasteiger partial charge in [0.1, 0.15) is 15.4 Å². The Morgan fingerprint density at radius 2 is 2.14 bits per heavy atom. The minimum absolute atomic E-state index is 0.206. The molecule has 2 aromatic rings. The Morgan fingerprint density at radius 1 is 1.43 bits per heavy atom. The molecule has 0 bridgehead atoms. The summed E-state index contributed by atoms with van der Waals surface area (Å²) >= 11 is 1.00. The Bertz CT molecular complexity index is 588. The molecule has 0 spiro atoms. The fraction of sp³-hybridized carbons (Fsp3) is 0. The first-order valence-electron chi connectivity index (χ1n) is 3.61. The second kappa shape index (κ2) is 2.91. The largest absolute Gasteiger partial charge is 0.389 e. The zero-order chi connectivity index (χ0) is 10.3. The molecule has 3 N–H and O–H groups in total. The Kier molecular flexibility index (Phi) is 1.95. The first kappa shape index (κ1) is 9.38. The van der Waals surface area contributed by atoms with Gasteiger partial charge in [-0.05, 0) is 23.7 Å². The van der Waals surface area contributed by atoms with Crippen LogP contribution in [0, 0.1) is 0 Å². The molecule has 1 heterocycles. The molecule has 0 amide bonds. The summed E-state index contributed by atoms with van der Waals surface area (Å²) in [6, 6.07) is 4.45. The van der Waals surface area contributed by atoms with Gasteiger partial charge in [0.15, 0.2) is 0 Å². The number of nitrogens with two attached hydrogens (primary N) is 1. The van der Waals surface area contributed by atoms with Crippen LogP contribution >= 0.6 is 11.5 Å². The van der Waals surface area contributed by atoms with Crippen molar-refractivity contribution < 1.29 is 13.0 Å². The fourth-order valence-electron chi connectivity index (χ4n) is 1.17. The average Bonchev–Trinajstić information content (AvgIpc) is 2.46. The first-order valence-corrected chi connectivity index (χ1v) is 5.83. The summed E-state index contributed by atoms with van der Waals surface area (Å²) in [5, 5.41) is 0.982. The van der Waals surface area contributed by atoms with Gasteiger partial charge in [-0.2, -0.15) is 12.8 Å². The van der Waals surface area contributed by atoms with E-state index in [-0.39, 0.29) is 10.4 Å². The fourth-order valence-corrected chi connectivity index (χ4v) is 2.53. The summed E-state index contributed by atoms with van der Waals surface area (Å²) in [6.45, 7) is 0. The number of nitrogen functional groups attached to an aromatic ring is 1. The van der Waals surface area contributed by atoms with Crippen molar-refractivity contribution >= 4 is 37.6 Å². The number of hydrogen-bond acceptors (Lipinski definition) is 5. The zero-order valence-corrected chi connectivity index (χ0v) is 8.47. The number of hydrogen-bond donors (Lipinski definition) is 2. The Labute approximate surface area is 84.1 Å². The van der Waals surface area contributed by atoms with Crippen molar-refractivity contribution in [1.82, 2.24) is 4.37 Å². The third kappa shape index (κ3) is 1.35. The molecule has 7 heteroatoms. The van der Waals surface area contributed by atoms with E-state index in [4.69, 9.17) is 10.3 Å². The van der Waals surface area contributed by atoms with Crippen LogP contribution in [0.5, 0.6) is 0 Å². The van der Waals surface area contributed by atoms with E-state index >= 15 is 0 Å². The van der Waals surface area contributed by atoms with Crippen LogP contribution in [-0.2, 0) is 10.1 Å². The number of anilines is 1. The van der Waals surface area contributed by atoms with E-state index < -0.39 is 10.1 Å². The van der Waals surface area contributed by atoms with Gasteiger partial charge >= 0.3 is 0 Å². The van der Waals surface area contributed by atoms with Crippen molar-refractivity contribution in [3.05, 3.63) is 18.2 Å². The van der Waals surface area contributed by atoms with Crippen molar-refractivity contribution in [1.29, 1.82) is 0 Å². The molecule has 0 aliphatic heterocycles. The molecule has 5 nitrogen and oxygen atoms in total. The standard InChI is InChI=1S/C7H6N2O3S2/c8-7-4-2-1-3-5(14(10,11)12)6(4)9-13-7/h1-3H,8H2,(H,10,11,12). The van der Waals surface area contributed by atoms with Crippen LogP contribution in [0.1, 0.15) is 0 Å². The predicted molar refractivity (Wildman–Crippen MR) is 53.8 cm³/mol. The number of fused-ring (bicyclic) bond motifs is 1. The summed E-state index contributed by atoms with van der Waals surface area (Å²) < 4.78 is 34.6. The molecular formula is C7H6N2O3S2. The van der Waals surface area contributed by atoms with Gasteiger partial charge in [-0.1, -0.05) is 6.07 Å². The summed E-state index contributed by atoms with van der Waals surface area (Å²) in [5.41, 5.74) is 5.79.